The molecule has 2 aromatic rings. The molecule has 7 nitrogen and oxygen atoms in total. The second kappa shape index (κ2) is 6.42. The van der Waals surface area contributed by atoms with Crippen LogP contribution in [0.3, 0.4) is 0 Å². The van der Waals surface area contributed by atoms with Crippen molar-refractivity contribution in [1.82, 2.24) is 9.97 Å². The number of aliphatic hydroxyl groups is 1. The summed E-state index contributed by atoms with van der Waals surface area (Å²) in [6, 6.07) is 4.66. The Bertz CT molecular complexity index is 653. The Morgan fingerprint density at radius 3 is 2.67 bits per heavy atom. The lowest BCUT2D eigenvalue weighted by molar-refractivity contribution is -0.384. The molecule has 1 heterocycles. The molecule has 2 rings (SSSR count). The van der Waals surface area contributed by atoms with Crippen molar-refractivity contribution in [3.8, 4) is 0 Å². The Labute approximate surface area is 123 Å². The number of benzene rings is 1. The van der Waals surface area contributed by atoms with Crippen LogP contribution in [0.2, 0.25) is 5.28 Å². The number of anilines is 1. The lowest BCUT2D eigenvalue weighted by Crippen LogP contribution is -2.17. The van der Waals surface area contributed by atoms with Gasteiger partial charge >= 0.3 is 5.69 Å². The molecule has 0 saturated carbocycles. The molecule has 9 heteroatoms. The maximum atomic E-state index is 12.9. The van der Waals surface area contributed by atoms with Gasteiger partial charge in [-0.25, -0.2) is 9.37 Å². The minimum absolute atomic E-state index is 0.122. The molecule has 1 unspecified atom stereocenters. The van der Waals surface area contributed by atoms with E-state index in [-0.39, 0.29) is 23.4 Å². The zero-order valence-electron chi connectivity index (χ0n) is 10.5. The summed E-state index contributed by atoms with van der Waals surface area (Å²) in [5, 5.41) is 22.9. The van der Waals surface area contributed by atoms with Crippen LogP contribution in [0.5, 0.6) is 0 Å². The monoisotopic (exact) mass is 312 g/mol. The van der Waals surface area contributed by atoms with Crippen LogP contribution in [-0.2, 0) is 0 Å². The van der Waals surface area contributed by atoms with Gasteiger partial charge in [0.05, 0.1) is 17.6 Å². The van der Waals surface area contributed by atoms with Crippen molar-refractivity contribution < 1.29 is 14.4 Å². The fraction of sp³-hybridized carbons (Fsp3) is 0.167. The van der Waals surface area contributed by atoms with Crippen molar-refractivity contribution in [2.75, 3.05) is 11.9 Å². The number of rotatable bonds is 5. The van der Waals surface area contributed by atoms with E-state index >= 15 is 0 Å². The molecule has 21 heavy (non-hydrogen) atoms. The van der Waals surface area contributed by atoms with E-state index in [9.17, 15) is 19.6 Å². The Hall–Kier alpha value is -2.32. The fourth-order valence-electron chi connectivity index (χ4n) is 1.69. The molecule has 0 aliphatic heterocycles. The first kappa shape index (κ1) is 15.1. The summed E-state index contributed by atoms with van der Waals surface area (Å²) in [4.78, 5) is 17.5. The third-order valence-electron chi connectivity index (χ3n) is 2.70. The fourth-order valence-corrected chi connectivity index (χ4v) is 1.82. The zero-order valence-corrected chi connectivity index (χ0v) is 11.3. The highest BCUT2D eigenvalue weighted by Crippen LogP contribution is 2.26. The zero-order chi connectivity index (χ0) is 15.4. The van der Waals surface area contributed by atoms with Crippen LogP contribution in [0.15, 0.2) is 30.5 Å². The van der Waals surface area contributed by atoms with Gasteiger partial charge in [0.2, 0.25) is 11.1 Å². The summed E-state index contributed by atoms with van der Waals surface area (Å²) in [5.41, 5.74) is 0.169. The first-order valence-electron chi connectivity index (χ1n) is 5.81. The summed E-state index contributed by atoms with van der Waals surface area (Å²) in [6.45, 7) is -0.371. The molecule has 0 bridgehead atoms. The number of halogens is 2. The molecule has 0 radical (unpaired) electrons. The third kappa shape index (κ3) is 3.61. The first-order valence-corrected chi connectivity index (χ1v) is 6.19. The van der Waals surface area contributed by atoms with Crippen LogP contribution in [0.25, 0.3) is 0 Å². The van der Waals surface area contributed by atoms with Crippen molar-refractivity contribution in [1.29, 1.82) is 0 Å². The third-order valence-corrected chi connectivity index (χ3v) is 2.88. The van der Waals surface area contributed by atoms with Gasteiger partial charge in [0.15, 0.2) is 0 Å². The predicted molar refractivity (Wildman–Crippen MR) is 73.5 cm³/mol. The van der Waals surface area contributed by atoms with Crippen LogP contribution in [0, 0.1) is 15.9 Å². The number of aliphatic hydroxyl groups excluding tert-OH is 1. The molecule has 0 saturated heterocycles. The Morgan fingerprint density at radius 1 is 1.43 bits per heavy atom. The molecule has 1 aromatic heterocycles. The SMILES string of the molecule is O=[N+]([O-])c1cnc(Cl)nc1NC(CO)c1ccc(F)cc1. The highest BCUT2D eigenvalue weighted by atomic mass is 35.5. The van der Waals surface area contributed by atoms with Crippen molar-refractivity contribution >= 4 is 23.1 Å². The van der Waals surface area contributed by atoms with E-state index in [0.717, 1.165) is 6.20 Å². The highest BCUT2D eigenvalue weighted by Gasteiger charge is 2.20. The van der Waals surface area contributed by atoms with E-state index < -0.39 is 16.8 Å². The maximum Gasteiger partial charge on any atom is 0.329 e. The largest absolute Gasteiger partial charge is 0.394 e. The highest BCUT2D eigenvalue weighted by molar-refractivity contribution is 6.28. The van der Waals surface area contributed by atoms with Crippen LogP contribution in [0.4, 0.5) is 15.9 Å². The van der Waals surface area contributed by atoms with Crippen molar-refractivity contribution in [3.05, 3.63) is 57.2 Å². The van der Waals surface area contributed by atoms with Crippen molar-refractivity contribution in [2.24, 2.45) is 0 Å². The number of nitrogens with zero attached hydrogens (tertiary/aromatic N) is 3. The Morgan fingerprint density at radius 2 is 2.10 bits per heavy atom. The van der Waals surface area contributed by atoms with Crippen molar-refractivity contribution in [2.45, 2.75) is 6.04 Å². The summed E-state index contributed by atoms with van der Waals surface area (Å²) in [6.07, 6.45) is 0.969. The van der Waals surface area contributed by atoms with Crippen LogP contribution in [0.1, 0.15) is 11.6 Å². The van der Waals surface area contributed by atoms with Gasteiger partial charge in [-0.05, 0) is 29.3 Å². The van der Waals surface area contributed by atoms with Crippen LogP contribution in [-0.4, -0.2) is 26.6 Å². The standard InChI is InChI=1S/C12H10ClFN4O3/c13-12-15-5-10(18(20)21)11(17-12)16-9(6-19)7-1-3-8(14)4-2-7/h1-5,9,19H,6H2,(H,15,16,17). The van der Waals surface area contributed by atoms with E-state index in [0.29, 0.717) is 5.56 Å². The summed E-state index contributed by atoms with van der Waals surface area (Å²) < 4.78 is 12.9. The molecule has 1 atom stereocenters. The predicted octanol–water partition coefficient (Wildman–Crippen LogP) is 2.32. The molecule has 0 spiro atoms. The number of hydrogen-bond acceptors (Lipinski definition) is 6. The van der Waals surface area contributed by atoms with Crippen LogP contribution < -0.4 is 5.32 Å². The Kier molecular flexibility index (Phi) is 4.61. The minimum Gasteiger partial charge on any atom is -0.394 e. The first-order chi connectivity index (χ1) is 10.0. The van der Waals surface area contributed by atoms with E-state index in [1.807, 2.05) is 0 Å². The van der Waals surface area contributed by atoms with Gasteiger partial charge in [-0.3, -0.25) is 10.1 Å². The Balaban J connectivity index is 2.32. The van der Waals surface area contributed by atoms with E-state index in [1.165, 1.54) is 24.3 Å². The van der Waals surface area contributed by atoms with Gasteiger partial charge in [0.1, 0.15) is 12.0 Å². The van der Waals surface area contributed by atoms with Gasteiger partial charge in [-0.15, -0.1) is 0 Å². The van der Waals surface area contributed by atoms with Gasteiger partial charge in [-0.2, -0.15) is 4.98 Å². The summed E-state index contributed by atoms with van der Waals surface area (Å²) in [7, 11) is 0. The summed E-state index contributed by atoms with van der Waals surface area (Å²) in [5.74, 6) is -0.546. The average Bonchev–Trinajstić information content (AvgIpc) is 2.45. The molecule has 2 N–H and O–H groups in total. The van der Waals surface area contributed by atoms with Gasteiger partial charge in [-0.1, -0.05) is 12.1 Å². The molecular weight excluding hydrogens is 303 g/mol. The normalized spacial score (nSPS) is 12.0. The topological polar surface area (TPSA) is 101 Å². The molecular formula is C12H10ClFN4O3. The second-order valence-corrected chi connectivity index (χ2v) is 4.40. The smallest absolute Gasteiger partial charge is 0.329 e. The molecule has 1 aromatic carbocycles. The lowest BCUT2D eigenvalue weighted by atomic mass is 10.1. The van der Waals surface area contributed by atoms with E-state index in [2.05, 4.69) is 15.3 Å². The van der Waals surface area contributed by atoms with Gasteiger partial charge in [0.25, 0.3) is 0 Å². The summed E-state index contributed by atoms with van der Waals surface area (Å²) >= 11 is 5.62. The van der Waals surface area contributed by atoms with Crippen LogP contribution >= 0.6 is 11.6 Å². The molecule has 0 amide bonds. The number of aromatic nitrogens is 2. The number of nitrogens with one attached hydrogen (secondary N) is 1. The second-order valence-electron chi connectivity index (χ2n) is 4.06. The average molecular weight is 313 g/mol. The van der Waals surface area contributed by atoms with E-state index in [4.69, 9.17) is 11.6 Å². The minimum atomic E-state index is -0.699. The maximum absolute atomic E-state index is 12.9. The molecule has 110 valence electrons. The number of nitro groups is 1. The van der Waals surface area contributed by atoms with Crippen molar-refractivity contribution in [3.63, 3.8) is 0 Å². The number of hydrogen-bond donors (Lipinski definition) is 2. The molecule has 0 aliphatic carbocycles. The lowest BCUT2D eigenvalue weighted by Gasteiger charge is -2.17. The van der Waals surface area contributed by atoms with E-state index in [1.54, 1.807) is 0 Å². The van der Waals surface area contributed by atoms with Gasteiger partial charge in [0, 0.05) is 0 Å². The quantitative estimate of drug-likeness (QED) is 0.499. The van der Waals surface area contributed by atoms with Gasteiger partial charge < -0.3 is 10.4 Å². The molecule has 0 aliphatic rings. The molecule has 0 fully saturated rings.